The number of hydrogen-bond donors (Lipinski definition) is 0. The van der Waals surface area contributed by atoms with E-state index in [2.05, 4.69) is 299 Å². The van der Waals surface area contributed by atoms with E-state index < -0.39 is 0 Å². The molecule has 2 heterocycles. The quantitative estimate of drug-likeness (QED) is 0.114. The van der Waals surface area contributed by atoms with Gasteiger partial charge in [-0.2, -0.15) is 0 Å². The maximum absolute atomic E-state index is 5.52. The van der Waals surface area contributed by atoms with Gasteiger partial charge in [0, 0.05) is 101 Å². The third-order valence-electron chi connectivity index (χ3n) is 15.2. The van der Waals surface area contributed by atoms with Crippen LogP contribution in [0.5, 0.6) is 0 Å². The predicted octanol–water partition coefficient (Wildman–Crippen LogP) is 16.1. The van der Waals surface area contributed by atoms with Crippen LogP contribution >= 0.6 is 0 Å². The normalized spacial score (nSPS) is 19.1. The Balaban J connectivity index is 0.000000172. The summed E-state index contributed by atoms with van der Waals surface area (Å²) in [6.45, 7) is 10.2. The first kappa shape index (κ1) is 71.1. The van der Waals surface area contributed by atoms with Gasteiger partial charge in [-0.1, -0.05) is 270 Å². The maximum atomic E-state index is 5.52. The zero-order valence-electron chi connectivity index (χ0n) is 49.3. The molecule has 8 aromatic rings. The Kier molecular flexibility index (Phi) is 29.6. The number of ether oxygens (including phenoxy) is 2. The molecular formula is C78H70Cl2Co2N2O2Pd2+. The fourth-order valence-electron chi connectivity index (χ4n) is 10.8. The number of rotatable bonds is 12. The van der Waals surface area contributed by atoms with E-state index in [1.807, 2.05) is 51.4 Å². The average Bonchev–Trinajstić information content (AvgIpc) is 1.70. The van der Waals surface area contributed by atoms with Gasteiger partial charge in [0.25, 0.3) is 0 Å². The molecule has 0 N–H and O–H groups in total. The molecule has 8 aromatic carbocycles. The summed E-state index contributed by atoms with van der Waals surface area (Å²) < 4.78 is 11.0. The molecule has 0 saturated heterocycles. The molecule has 4 saturated carbocycles. The number of benzene rings is 8. The smallest absolute Gasteiger partial charge is 0.0299 e. The Morgan fingerprint density at radius 1 is 0.318 bits per heavy atom. The fraction of sp³-hybridized carbons (Fsp3) is 0.128. The molecule has 2 atom stereocenters. The second-order valence-corrected chi connectivity index (χ2v) is 24.2. The Morgan fingerprint density at radius 3 is 0.614 bits per heavy atom. The first-order chi connectivity index (χ1) is 41.8. The van der Waals surface area contributed by atoms with Crippen LogP contribution in [0.3, 0.4) is 0 Å². The van der Waals surface area contributed by atoms with Crippen molar-refractivity contribution in [1.29, 1.82) is 0 Å². The molecule has 4 aliphatic carbocycles. The second kappa shape index (κ2) is 36.6. The Hall–Kier alpha value is -4.38. The summed E-state index contributed by atoms with van der Waals surface area (Å²) in [5, 5.41) is 0. The minimum atomic E-state index is 0. The van der Waals surface area contributed by atoms with Gasteiger partial charge in [-0.25, -0.2) is 9.98 Å². The van der Waals surface area contributed by atoms with Crippen molar-refractivity contribution in [3.63, 3.8) is 0 Å². The summed E-state index contributed by atoms with van der Waals surface area (Å²) in [4.78, 5) is 9.05. The van der Waals surface area contributed by atoms with Crippen LogP contribution in [0.1, 0.15) is 72.2 Å². The summed E-state index contributed by atoms with van der Waals surface area (Å²) in [7, 11) is 8.52. The molecule has 14 rings (SSSR count). The third kappa shape index (κ3) is 18.0. The first-order valence-electron chi connectivity index (χ1n) is 28.9. The Bertz CT molecular complexity index is 2670. The number of hydrogen-bond acceptors (Lipinski definition) is 4. The van der Waals surface area contributed by atoms with Crippen molar-refractivity contribution < 1.29 is 98.5 Å². The molecule has 455 valence electrons. The molecule has 88 heavy (non-hydrogen) atoms. The van der Waals surface area contributed by atoms with Crippen molar-refractivity contribution in [1.82, 2.24) is 0 Å². The molecule has 0 bridgehead atoms. The molecule has 4 fully saturated rings. The Labute approximate surface area is 577 Å². The molecular weight excluding hydrogens is 1400 g/mol. The molecule has 0 spiro atoms. The van der Waals surface area contributed by atoms with E-state index in [1.54, 1.807) is 0 Å². The van der Waals surface area contributed by atoms with Gasteiger partial charge in [0.15, 0.2) is 11.8 Å². The van der Waals surface area contributed by atoms with Gasteiger partial charge in [0.05, 0.1) is 23.9 Å². The van der Waals surface area contributed by atoms with Crippen molar-refractivity contribution in [2.75, 3.05) is 13.2 Å². The van der Waals surface area contributed by atoms with E-state index >= 15 is 0 Å². The van der Waals surface area contributed by atoms with Crippen LogP contribution in [0, 0.1) is 141 Å². The summed E-state index contributed by atoms with van der Waals surface area (Å²) in [6.07, 6.45) is 16.1. The van der Waals surface area contributed by atoms with E-state index in [4.69, 9.17) is 9.47 Å². The van der Waals surface area contributed by atoms with Crippen LogP contribution < -0.4 is 0 Å². The standard InChI is InChI=1S/2C28H20.2C11H14NO.2ClH.2Co.2Pd/c2*1-5-13-21(14-6-1)25-26(22-15-7-2-8-16-22)28(24-19-11-4-12-20-24)27(25)23-17-9-3-10-18-23;2*1-8(2)10-7-13-11(12-10)9-5-3-4-6-9;;;;;;/h2*1-20H;2*3-6,8,10H,7H2,1-2H3;2*1H;;;;/q;;;;;;;;;+1/t;;2*10-;;;;;;/m..00....../s1. The van der Waals surface area contributed by atoms with E-state index in [-0.39, 0.29) is 69.9 Å². The van der Waals surface area contributed by atoms with Gasteiger partial charge >= 0.3 is 35.0 Å². The van der Waals surface area contributed by atoms with Crippen molar-refractivity contribution >= 4 is 11.8 Å². The SMILES string of the molecule is CC(C)[C@@H]1COC([C]2[CH][CH][CH][CH]2)=N1.CC(C)[C@@H]1COC([C]2[CH][CH][CH][CH]2)=N1.[ClH+][Pd-][ClH+].[Co].[Co].[Pd].c1ccc([C]2[C](c3ccccc3)[C](c3ccccc3)[C]2c2ccccc2)cc1.c1ccc([C]2[C](c3ccccc3)[C](c3ccccc3)[C]2c2ccccc2)cc1. The van der Waals surface area contributed by atoms with Crippen molar-refractivity contribution in [3.8, 4) is 0 Å². The van der Waals surface area contributed by atoms with Gasteiger partial charge in [-0.3, -0.25) is 0 Å². The Morgan fingerprint density at radius 2 is 0.477 bits per heavy atom. The van der Waals surface area contributed by atoms with Crippen molar-refractivity contribution in [2.24, 2.45) is 21.8 Å². The van der Waals surface area contributed by atoms with E-state index in [1.165, 1.54) is 91.9 Å². The van der Waals surface area contributed by atoms with Crippen LogP contribution in [0.4, 0.5) is 0 Å². The van der Waals surface area contributed by atoms with E-state index in [0.717, 1.165) is 36.8 Å². The molecule has 20 radical (unpaired) electrons. The monoisotopic (exact) mass is 1470 g/mol. The minimum Gasteiger partial charge on any atom is -0.0622 e. The largest absolute Gasteiger partial charge is 0.0622 e. The van der Waals surface area contributed by atoms with Gasteiger partial charge < -0.3 is 9.47 Å². The fourth-order valence-corrected chi connectivity index (χ4v) is 10.8. The zero-order valence-corrected chi connectivity index (χ0v) is 56.1. The van der Waals surface area contributed by atoms with Crippen LogP contribution in [0.15, 0.2) is 253 Å². The van der Waals surface area contributed by atoms with Gasteiger partial charge in [0.1, 0.15) is 13.2 Å². The topological polar surface area (TPSA) is 43.2 Å². The van der Waals surface area contributed by atoms with Gasteiger partial charge in [-0.15, -0.1) is 0 Å². The molecule has 10 heteroatoms. The molecule has 2 aliphatic heterocycles. The van der Waals surface area contributed by atoms with Crippen LogP contribution in [-0.4, -0.2) is 37.1 Å². The van der Waals surface area contributed by atoms with Crippen LogP contribution in [0.2, 0.25) is 0 Å². The van der Waals surface area contributed by atoms with E-state index in [9.17, 15) is 0 Å². The predicted molar refractivity (Wildman–Crippen MR) is 338 cm³/mol. The summed E-state index contributed by atoms with van der Waals surface area (Å²) in [6, 6.07) is 86.6. The van der Waals surface area contributed by atoms with Crippen LogP contribution in [-0.2, 0) is 79.4 Å². The molecule has 6 aliphatic rings. The van der Waals surface area contributed by atoms with E-state index in [0.29, 0.717) is 23.9 Å². The molecule has 0 amide bonds. The summed E-state index contributed by atoms with van der Waals surface area (Å²) in [5.41, 5.74) is 10.1. The number of halogens is 2. The molecule has 0 aromatic heterocycles. The van der Waals surface area contributed by atoms with Crippen LogP contribution in [0.25, 0.3) is 0 Å². The number of nitrogens with zero attached hydrogens (tertiary/aromatic N) is 2. The number of aliphatic imine (C=N–C) groups is 2. The second-order valence-electron chi connectivity index (χ2n) is 21.4. The average molecular weight is 1470 g/mol. The first-order valence-corrected chi connectivity index (χ1v) is 33.3. The van der Waals surface area contributed by atoms with Crippen molar-refractivity contribution in [3.05, 3.63) is 398 Å². The molecule has 0 unspecified atom stereocenters. The van der Waals surface area contributed by atoms with Gasteiger partial charge in [0.2, 0.25) is 0 Å². The summed E-state index contributed by atoms with van der Waals surface area (Å²) in [5.74, 6) is 15.6. The summed E-state index contributed by atoms with van der Waals surface area (Å²) >= 11 is 0.117. The zero-order chi connectivity index (χ0) is 58.7. The van der Waals surface area contributed by atoms with Crippen molar-refractivity contribution in [2.45, 2.75) is 39.8 Å². The third-order valence-corrected chi connectivity index (χ3v) is 15.2. The molecule has 4 nitrogen and oxygen atoms in total. The maximum Gasteiger partial charge on any atom is 0.0299 e. The minimum absolute atomic E-state index is 0. The van der Waals surface area contributed by atoms with Gasteiger partial charge in [-0.05, 0) is 108 Å².